The first-order valence-electron chi connectivity index (χ1n) is 5.81. The Morgan fingerprint density at radius 1 is 1.22 bits per heavy atom. The van der Waals surface area contributed by atoms with Crippen LogP contribution in [-0.2, 0) is 9.59 Å². The standard InChI is InChI=1S/C13H16N2O3/c1-9(16)10-4-3-5-11(6-10)15-8-12(17)14(2)7-13(15)18/h3-6,9,16H,7-8H2,1-2H3. The van der Waals surface area contributed by atoms with Crippen molar-refractivity contribution in [1.82, 2.24) is 4.90 Å². The van der Waals surface area contributed by atoms with Crippen LogP contribution >= 0.6 is 0 Å². The number of nitrogens with zero attached hydrogens (tertiary/aromatic N) is 2. The lowest BCUT2D eigenvalue weighted by Crippen LogP contribution is -2.52. The van der Waals surface area contributed by atoms with Crippen LogP contribution in [0.2, 0.25) is 0 Å². The van der Waals surface area contributed by atoms with Gasteiger partial charge < -0.3 is 14.9 Å². The number of aliphatic hydroxyl groups excluding tert-OH is 1. The molecule has 1 fully saturated rings. The highest BCUT2D eigenvalue weighted by atomic mass is 16.3. The molecule has 0 bridgehead atoms. The van der Waals surface area contributed by atoms with Crippen LogP contribution in [0.3, 0.4) is 0 Å². The van der Waals surface area contributed by atoms with Crippen LogP contribution in [0.1, 0.15) is 18.6 Å². The molecule has 1 unspecified atom stereocenters. The van der Waals surface area contributed by atoms with E-state index in [1.807, 2.05) is 0 Å². The zero-order valence-corrected chi connectivity index (χ0v) is 10.5. The summed E-state index contributed by atoms with van der Waals surface area (Å²) in [6, 6.07) is 7.06. The quantitative estimate of drug-likeness (QED) is 0.831. The van der Waals surface area contributed by atoms with Gasteiger partial charge in [-0.15, -0.1) is 0 Å². The number of benzene rings is 1. The Labute approximate surface area is 106 Å². The van der Waals surface area contributed by atoms with E-state index in [0.29, 0.717) is 5.69 Å². The van der Waals surface area contributed by atoms with Crippen molar-refractivity contribution < 1.29 is 14.7 Å². The summed E-state index contributed by atoms with van der Waals surface area (Å²) in [4.78, 5) is 26.4. The normalized spacial score (nSPS) is 18.2. The summed E-state index contributed by atoms with van der Waals surface area (Å²) in [5, 5.41) is 9.53. The molecule has 5 heteroatoms. The molecule has 2 rings (SSSR count). The molecule has 0 aliphatic carbocycles. The highest BCUT2D eigenvalue weighted by Gasteiger charge is 2.28. The summed E-state index contributed by atoms with van der Waals surface area (Å²) in [6.07, 6.45) is -0.594. The number of likely N-dealkylation sites (N-methyl/N-ethyl adjacent to an activating group) is 1. The van der Waals surface area contributed by atoms with Crippen LogP contribution in [-0.4, -0.2) is 42.0 Å². The number of amides is 2. The van der Waals surface area contributed by atoms with Crippen LogP contribution in [0.25, 0.3) is 0 Å². The molecule has 1 atom stereocenters. The Morgan fingerprint density at radius 2 is 1.94 bits per heavy atom. The fourth-order valence-corrected chi connectivity index (χ4v) is 1.91. The van der Waals surface area contributed by atoms with Crippen molar-refractivity contribution in [2.45, 2.75) is 13.0 Å². The maximum atomic E-state index is 11.9. The van der Waals surface area contributed by atoms with Crippen molar-refractivity contribution >= 4 is 17.5 Å². The zero-order chi connectivity index (χ0) is 13.3. The van der Waals surface area contributed by atoms with Gasteiger partial charge in [-0.2, -0.15) is 0 Å². The molecule has 2 amide bonds. The highest BCUT2D eigenvalue weighted by Crippen LogP contribution is 2.22. The van der Waals surface area contributed by atoms with Gasteiger partial charge >= 0.3 is 0 Å². The third-order valence-electron chi connectivity index (χ3n) is 3.06. The molecular weight excluding hydrogens is 232 g/mol. The number of carbonyl (C=O) groups excluding carboxylic acids is 2. The van der Waals surface area contributed by atoms with Crippen molar-refractivity contribution in [2.24, 2.45) is 0 Å². The van der Waals surface area contributed by atoms with Gasteiger partial charge in [-0.3, -0.25) is 9.59 Å². The van der Waals surface area contributed by atoms with Gasteiger partial charge in [0.1, 0.15) is 6.54 Å². The molecule has 0 radical (unpaired) electrons. The third kappa shape index (κ3) is 2.36. The van der Waals surface area contributed by atoms with Gasteiger partial charge in [-0.05, 0) is 24.6 Å². The van der Waals surface area contributed by atoms with E-state index in [0.717, 1.165) is 5.56 Å². The average molecular weight is 248 g/mol. The minimum atomic E-state index is -0.594. The number of hydrogen-bond acceptors (Lipinski definition) is 3. The molecule has 1 aromatic rings. The highest BCUT2D eigenvalue weighted by molar-refractivity contribution is 6.04. The topological polar surface area (TPSA) is 60.9 Å². The molecule has 1 N–H and O–H groups in total. The predicted octanol–water partition coefficient (Wildman–Crippen LogP) is 0.545. The van der Waals surface area contributed by atoms with Crippen LogP contribution in [0, 0.1) is 0 Å². The van der Waals surface area contributed by atoms with Crippen molar-refractivity contribution in [3.8, 4) is 0 Å². The SMILES string of the molecule is CC(O)c1cccc(N2CC(=O)N(C)CC2=O)c1. The van der Waals surface area contributed by atoms with Crippen molar-refractivity contribution in [1.29, 1.82) is 0 Å². The van der Waals surface area contributed by atoms with Gasteiger partial charge in [0.15, 0.2) is 0 Å². The van der Waals surface area contributed by atoms with E-state index in [9.17, 15) is 14.7 Å². The van der Waals surface area contributed by atoms with Gasteiger partial charge in [0.2, 0.25) is 11.8 Å². The van der Waals surface area contributed by atoms with E-state index >= 15 is 0 Å². The molecule has 1 aromatic carbocycles. The molecule has 1 aliphatic rings. The van der Waals surface area contributed by atoms with E-state index in [1.165, 1.54) is 9.80 Å². The number of anilines is 1. The number of rotatable bonds is 2. The summed E-state index contributed by atoms with van der Waals surface area (Å²) < 4.78 is 0. The van der Waals surface area contributed by atoms with E-state index in [1.54, 1.807) is 38.2 Å². The third-order valence-corrected chi connectivity index (χ3v) is 3.06. The Hall–Kier alpha value is -1.88. The smallest absolute Gasteiger partial charge is 0.247 e. The van der Waals surface area contributed by atoms with Crippen LogP contribution in [0.4, 0.5) is 5.69 Å². The second-order valence-electron chi connectivity index (χ2n) is 4.50. The van der Waals surface area contributed by atoms with E-state index in [2.05, 4.69) is 0 Å². The molecule has 0 saturated carbocycles. The van der Waals surface area contributed by atoms with Crippen LogP contribution in [0.5, 0.6) is 0 Å². The van der Waals surface area contributed by atoms with Gasteiger partial charge in [0, 0.05) is 12.7 Å². The lowest BCUT2D eigenvalue weighted by molar-refractivity contribution is -0.136. The Morgan fingerprint density at radius 3 is 2.61 bits per heavy atom. The van der Waals surface area contributed by atoms with Crippen LogP contribution < -0.4 is 4.90 Å². The fourth-order valence-electron chi connectivity index (χ4n) is 1.91. The maximum absolute atomic E-state index is 11.9. The summed E-state index contributed by atoms with van der Waals surface area (Å²) >= 11 is 0. The number of piperazine rings is 1. The lowest BCUT2D eigenvalue weighted by atomic mass is 10.1. The Bertz CT molecular complexity index is 485. The number of carbonyl (C=O) groups is 2. The van der Waals surface area contributed by atoms with Gasteiger partial charge in [-0.1, -0.05) is 12.1 Å². The maximum Gasteiger partial charge on any atom is 0.247 e. The Balaban J connectivity index is 2.28. The Kier molecular flexibility index (Phi) is 3.34. The first-order chi connectivity index (χ1) is 8.49. The first-order valence-corrected chi connectivity index (χ1v) is 5.81. The summed E-state index contributed by atoms with van der Waals surface area (Å²) in [6.45, 7) is 1.81. The monoisotopic (exact) mass is 248 g/mol. The number of aliphatic hydroxyl groups is 1. The average Bonchev–Trinajstić information content (AvgIpc) is 2.34. The molecule has 5 nitrogen and oxygen atoms in total. The van der Waals surface area contributed by atoms with Gasteiger partial charge in [-0.25, -0.2) is 0 Å². The van der Waals surface area contributed by atoms with E-state index < -0.39 is 6.10 Å². The fraction of sp³-hybridized carbons (Fsp3) is 0.385. The minimum absolute atomic E-state index is 0.0542. The molecule has 1 heterocycles. The van der Waals surface area contributed by atoms with Crippen molar-refractivity contribution in [3.63, 3.8) is 0 Å². The minimum Gasteiger partial charge on any atom is -0.389 e. The second kappa shape index (κ2) is 4.78. The number of hydrogen-bond donors (Lipinski definition) is 1. The summed E-state index contributed by atoms with van der Waals surface area (Å²) in [5.41, 5.74) is 1.38. The van der Waals surface area contributed by atoms with Gasteiger partial charge in [0.25, 0.3) is 0 Å². The predicted molar refractivity (Wildman–Crippen MR) is 67.1 cm³/mol. The molecule has 18 heavy (non-hydrogen) atoms. The summed E-state index contributed by atoms with van der Waals surface area (Å²) in [7, 11) is 1.61. The zero-order valence-electron chi connectivity index (χ0n) is 10.5. The lowest BCUT2D eigenvalue weighted by Gasteiger charge is -2.31. The second-order valence-corrected chi connectivity index (χ2v) is 4.50. The van der Waals surface area contributed by atoms with Crippen molar-refractivity contribution in [2.75, 3.05) is 25.0 Å². The molecule has 96 valence electrons. The molecule has 1 aliphatic heterocycles. The molecule has 1 saturated heterocycles. The molecular formula is C13H16N2O3. The van der Waals surface area contributed by atoms with E-state index in [4.69, 9.17) is 0 Å². The first kappa shape index (κ1) is 12.6. The van der Waals surface area contributed by atoms with Crippen LogP contribution in [0.15, 0.2) is 24.3 Å². The van der Waals surface area contributed by atoms with Gasteiger partial charge in [0.05, 0.1) is 12.6 Å². The molecule has 0 aromatic heterocycles. The van der Waals surface area contributed by atoms with E-state index in [-0.39, 0.29) is 24.9 Å². The van der Waals surface area contributed by atoms with Crippen molar-refractivity contribution in [3.05, 3.63) is 29.8 Å². The molecule has 0 spiro atoms. The summed E-state index contributed by atoms with van der Waals surface area (Å²) in [5.74, 6) is -0.197. The largest absolute Gasteiger partial charge is 0.389 e.